The standard InChI is InChI=1S/C25H23N3O5/c1-14-10-11-17-21(20(14)15-8-6-5-7-9-15)22(25(30)26-17)27-28-24(29)16-12-18(31-2)23(33-4)19(13-16)32-3/h5-13,26,30H,1-4H3. The summed E-state index contributed by atoms with van der Waals surface area (Å²) in [6.07, 6.45) is 0. The van der Waals surface area contributed by atoms with Crippen LogP contribution in [0.1, 0.15) is 15.9 Å². The molecule has 2 N–H and O–H groups in total. The first-order valence-electron chi connectivity index (χ1n) is 10.1. The van der Waals surface area contributed by atoms with Crippen molar-refractivity contribution in [1.29, 1.82) is 0 Å². The fraction of sp³-hybridized carbons (Fsp3) is 0.160. The normalized spacial score (nSPS) is 11.2. The summed E-state index contributed by atoms with van der Waals surface area (Å²) in [6.45, 7) is 1.98. The van der Waals surface area contributed by atoms with Gasteiger partial charge < -0.3 is 24.3 Å². The number of carbonyl (C=O) groups excluding carboxylic acids is 1. The lowest BCUT2D eigenvalue weighted by Crippen LogP contribution is -2.00. The molecular weight excluding hydrogens is 422 g/mol. The smallest absolute Gasteiger partial charge is 0.295 e. The summed E-state index contributed by atoms with van der Waals surface area (Å²) >= 11 is 0. The van der Waals surface area contributed by atoms with E-state index in [2.05, 4.69) is 15.2 Å². The maximum absolute atomic E-state index is 12.8. The molecule has 0 fully saturated rings. The minimum Gasteiger partial charge on any atom is -0.493 e. The third kappa shape index (κ3) is 3.98. The third-order valence-electron chi connectivity index (χ3n) is 5.34. The number of rotatable bonds is 6. The largest absolute Gasteiger partial charge is 0.493 e. The Hall–Kier alpha value is -4.33. The van der Waals surface area contributed by atoms with E-state index in [9.17, 15) is 9.90 Å². The molecule has 4 rings (SSSR count). The quantitative estimate of drug-likeness (QED) is 0.365. The van der Waals surface area contributed by atoms with Crippen molar-refractivity contribution in [2.24, 2.45) is 10.2 Å². The maximum atomic E-state index is 12.8. The zero-order valence-corrected chi connectivity index (χ0v) is 18.7. The average Bonchev–Trinajstić information content (AvgIpc) is 3.16. The number of fused-ring (bicyclic) bond motifs is 1. The number of methoxy groups -OCH3 is 3. The van der Waals surface area contributed by atoms with Gasteiger partial charge in [0.15, 0.2) is 17.2 Å². The molecule has 0 radical (unpaired) electrons. The molecule has 0 unspecified atom stereocenters. The number of hydrogen-bond acceptors (Lipinski definition) is 6. The van der Waals surface area contributed by atoms with Crippen LogP contribution in [0.15, 0.2) is 64.8 Å². The molecule has 33 heavy (non-hydrogen) atoms. The van der Waals surface area contributed by atoms with E-state index < -0.39 is 5.91 Å². The third-order valence-corrected chi connectivity index (χ3v) is 5.34. The van der Waals surface area contributed by atoms with E-state index in [0.29, 0.717) is 28.2 Å². The highest BCUT2D eigenvalue weighted by Crippen LogP contribution is 2.43. The molecule has 0 atom stereocenters. The van der Waals surface area contributed by atoms with Crippen molar-refractivity contribution in [3.8, 4) is 34.3 Å². The van der Waals surface area contributed by atoms with Crippen molar-refractivity contribution in [2.75, 3.05) is 21.3 Å². The summed E-state index contributed by atoms with van der Waals surface area (Å²) in [4.78, 5) is 15.8. The molecule has 4 aromatic rings. The first kappa shape index (κ1) is 21.9. The van der Waals surface area contributed by atoms with Crippen LogP contribution in [-0.4, -0.2) is 37.3 Å². The van der Waals surface area contributed by atoms with Crippen molar-refractivity contribution in [3.63, 3.8) is 0 Å². The summed E-state index contributed by atoms with van der Waals surface area (Å²) < 4.78 is 15.9. The van der Waals surface area contributed by atoms with Crippen LogP contribution in [0.3, 0.4) is 0 Å². The zero-order valence-electron chi connectivity index (χ0n) is 18.7. The van der Waals surface area contributed by atoms with E-state index in [1.807, 2.05) is 49.4 Å². The van der Waals surface area contributed by atoms with Gasteiger partial charge in [-0.05, 0) is 41.8 Å². The highest BCUT2D eigenvalue weighted by Gasteiger charge is 2.19. The van der Waals surface area contributed by atoms with Gasteiger partial charge in [0.05, 0.1) is 32.4 Å². The number of aromatic amines is 1. The number of nitrogens with one attached hydrogen (secondary N) is 1. The Labute approximate surface area is 190 Å². The molecule has 0 aliphatic carbocycles. The number of aromatic hydroxyl groups is 1. The number of amides is 1. The molecule has 0 saturated carbocycles. The van der Waals surface area contributed by atoms with E-state index in [1.54, 1.807) is 0 Å². The van der Waals surface area contributed by atoms with Crippen LogP contribution in [-0.2, 0) is 0 Å². The molecule has 1 amide bonds. The summed E-state index contributed by atoms with van der Waals surface area (Å²) in [5.74, 6) is 0.219. The van der Waals surface area contributed by atoms with Gasteiger partial charge in [-0.1, -0.05) is 36.4 Å². The maximum Gasteiger partial charge on any atom is 0.295 e. The van der Waals surface area contributed by atoms with Crippen LogP contribution in [0.5, 0.6) is 23.1 Å². The molecule has 8 nitrogen and oxygen atoms in total. The molecular formula is C25H23N3O5. The lowest BCUT2D eigenvalue weighted by molar-refractivity contribution is 0.0994. The Morgan fingerprint density at radius 1 is 0.939 bits per heavy atom. The van der Waals surface area contributed by atoms with Gasteiger partial charge in [-0.2, -0.15) is 0 Å². The number of aromatic nitrogens is 1. The molecule has 168 valence electrons. The average molecular weight is 445 g/mol. The number of hydrogen-bond donors (Lipinski definition) is 2. The summed E-state index contributed by atoms with van der Waals surface area (Å²) in [6, 6.07) is 16.6. The lowest BCUT2D eigenvalue weighted by Gasteiger charge is -2.12. The summed E-state index contributed by atoms with van der Waals surface area (Å²) in [7, 11) is 4.41. The zero-order chi connectivity index (χ0) is 23.5. The molecule has 0 spiro atoms. The number of H-pyrrole nitrogens is 1. The van der Waals surface area contributed by atoms with Crippen molar-refractivity contribution >= 4 is 22.5 Å². The van der Waals surface area contributed by atoms with Gasteiger partial charge in [0.1, 0.15) is 0 Å². The van der Waals surface area contributed by atoms with Gasteiger partial charge in [-0.3, -0.25) is 4.79 Å². The summed E-state index contributed by atoms with van der Waals surface area (Å²) in [5, 5.41) is 19.2. The lowest BCUT2D eigenvalue weighted by atomic mass is 9.96. The topological polar surface area (TPSA) is 106 Å². The monoisotopic (exact) mass is 445 g/mol. The second kappa shape index (κ2) is 9.04. The number of carbonyl (C=O) groups is 1. The molecule has 0 aliphatic rings. The van der Waals surface area contributed by atoms with Crippen molar-refractivity contribution in [3.05, 3.63) is 65.7 Å². The molecule has 1 aromatic heterocycles. The Morgan fingerprint density at radius 3 is 2.21 bits per heavy atom. The van der Waals surface area contributed by atoms with Crippen molar-refractivity contribution in [2.45, 2.75) is 6.92 Å². The Balaban J connectivity index is 1.80. The fourth-order valence-electron chi connectivity index (χ4n) is 3.79. The molecule has 0 saturated heterocycles. The van der Waals surface area contributed by atoms with Crippen LogP contribution in [0.25, 0.3) is 22.0 Å². The first-order chi connectivity index (χ1) is 16.0. The highest BCUT2D eigenvalue weighted by atomic mass is 16.5. The minimum atomic E-state index is -0.628. The second-order valence-electron chi connectivity index (χ2n) is 7.29. The van der Waals surface area contributed by atoms with E-state index in [4.69, 9.17) is 14.2 Å². The van der Waals surface area contributed by atoms with Gasteiger partial charge in [0.25, 0.3) is 5.91 Å². The predicted molar refractivity (Wildman–Crippen MR) is 125 cm³/mol. The van der Waals surface area contributed by atoms with Crippen LogP contribution < -0.4 is 14.2 Å². The van der Waals surface area contributed by atoms with Crippen LogP contribution in [0, 0.1) is 6.92 Å². The van der Waals surface area contributed by atoms with E-state index >= 15 is 0 Å². The second-order valence-corrected chi connectivity index (χ2v) is 7.29. The SMILES string of the molecule is COc1cc(C(=O)N=Nc2c(O)[nH]c3ccc(C)c(-c4ccccc4)c23)cc(OC)c1OC. The Bertz CT molecular complexity index is 1330. The number of azo groups is 1. The van der Waals surface area contributed by atoms with E-state index in [1.165, 1.54) is 33.5 Å². The Morgan fingerprint density at radius 2 is 1.61 bits per heavy atom. The van der Waals surface area contributed by atoms with Crippen LogP contribution >= 0.6 is 0 Å². The van der Waals surface area contributed by atoms with Gasteiger partial charge in [0, 0.05) is 5.39 Å². The number of aryl methyl sites for hydroxylation is 1. The minimum absolute atomic E-state index is 0.172. The summed E-state index contributed by atoms with van der Waals surface area (Å²) in [5.41, 5.74) is 3.94. The molecule has 3 aromatic carbocycles. The van der Waals surface area contributed by atoms with Crippen LogP contribution in [0.4, 0.5) is 5.69 Å². The predicted octanol–water partition coefficient (Wildman–Crippen LogP) is 5.80. The van der Waals surface area contributed by atoms with Crippen molar-refractivity contribution in [1.82, 2.24) is 4.98 Å². The number of nitrogens with zero attached hydrogens (tertiary/aromatic N) is 2. The van der Waals surface area contributed by atoms with Crippen LogP contribution in [0.2, 0.25) is 0 Å². The Kier molecular flexibility index (Phi) is 5.99. The van der Waals surface area contributed by atoms with Gasteiger partial charge >= 0.3 is 0 Å². The molecule has 1 heterocycles. The molecule has 0 aliphatic heterocycles. The van der Waals surface area contributed by atoms with Gasteiger partial charge in [-0.25, -0.2) is 0 Å². The van der Waals surface area contributed by atoms with Gasteiger partial charge in [-0.15, -0.1) is 10.2 Å². The van der Waals surface area contributed by atoms with E-state index in [-0.39, 0.29) is 17.1 Å². The number of ether oxygens (including phenoxy) is 3. The first-order valence-corrected chi connectivity index (χ1v) is 10.1. The molecule has 8 heteroatoms. The fourth-order valence-corrected chi connectivity index (χ4v) is 3.79. The van der Waals surface area contributed by atoms with Gasteiger partial charge in [0.2, 0.25) is 11.6 Å². The molecule has 0 bridgehead atoms. The van der Waals surface area contributed by atoms with Crippen molar-refractivity contribution < 1.29 is 24.1 Å². The highest BCUT2D eigenvalue weighted by molar-refractivity contribution is 6.06. The number of benzene rings is 3. The van der Waals surface area contributed by atoms with E-state index in [0.717, 1.165) is 16.7 Å².